The summed E-state index contributed by atoms with van der Waals surface area (Å²) in [4.78, 5) is 17.6. The normalized spacial score (nSPS) is 11.4. The monoisotopic (exact) mass is 554 g/mol. The van der Waals surface area contributed by atoms with Crippen LogP contribution in [-0.4, -0.2) is 22.6 Å². The molecule has 9 heteroatoms. The van der Waals surface area contributed by atoms with Crippen LogP contribution < -0.4 is 9.64 Å². The zero-order valence-electron chi connectivity index (χ0n) is 21.4. The number of carbonyl (C=O) groups is 1. The van der Waals surface area contributed by atoms with E-state index in [9.17, 15) is 18.0 Å². The fourth-order valence-corrected chi connectivity index (χ4v) is 4.88. The second kappa shape index (κ2) is 12.8. The highest BCUT2D eigenvalue weighted by Gasteiger charge is 2.30. The van der Waals surface area contributed by atoms with Gasteiger partial charge in [-0.15, -0.1) is 11.3 Å². The van der Waals surface area contributed by atoms with Gasteiger partial charge in [0.1, 0.15) is 12.4 Å². The number of aromatic nitrogens is 1. The molecule has 0 radical (unpaired) electrons. The summed E-state index contributed by atoms with van der Waals surface area (Å²) in [5.74, 6) is -0.0916. The van der Waals surface area contributed by atoms with E-state index in [1.165, 1.54) is 23.5 Å². The van der Waals surface area contributed by atoms with Crippen molar-refractivity contribution in [3.63, 3.8) is 0 Å². The van der Waals surface area contributed by atoms with E-state index in [0.717, 1.165) is 52.7 Å². The van der Waals surface area contributed by atoms with E-state index in [4.69, 9.17) is 14.8 Å². The van der Waals surface area contributed by atoms with E-state index < -0.39 is 17.7 Å². The van der Waals surface area contributed by atoms with Crippen LogP contribution in [0.4, 0.5) is 18.3 Å². The smallest absolute Gasteiger partial charge is 0.416 e. The lowest BCUT2D eigenvalue weighted by Gasteiger charge is -2.21. The number of aryl methyl sites for hydroxylation is 1. The predicted molar refractivity (Wildman–Crippen MR) is 147 cm³/mol. The summed E-state index contributed by atoms with van der Waals surface area (Å²) in [6.07, 6.45) is -2.84. The molecule has 204 valence electrons. The molecule has 0 aliphatic carbocycles. The van der Waals surface area contributed by atoms with Gasteiger partial charge < -0.3 is 14.7 Å². The highest BCUT2D eigenvalue weighted by molar-refractivity contribution is 7.14. The predicted octanol–water partition coefficient (Wildman–Crippen LogP) is 7.84. The average Bonchev–Trinajstić information content (AvgIpc) is 3.42. The maximum atomic E-state index is 12.9. The van der Waals surface area contributed by atoms with E-state index in [2.05, 4.69) is 24.0 Å². The zero-order valence-corrected chi connectivity index (χ0v) is 22.3. The van der Waals surface area contributed by atoms with E-state index in [1.54, 1.807) is 0 Å². The number of carboxylic acid groups (broad SMARTS) is 1. The second-order valence-corrected chi connectivity index (χ2v) is 9.99. The lowest BCUT2D eigenvalue weighted by atomic mass is 10.1. The molecule has 0 fully saturated rings. The van der Waals surface area contributed by atoms with Gasteiger partial charge in [0.15, 0.2) is 5.13 Å². The van der Waals surface area contributed by atoms with Gasteiger partial charge in [0, 0.05) is 30.5 Å². The van der Waals surface area contributed by atoms with E-state index in [-0.39, 0.29) is 6.42 Å². The average molecular weight is 555 g/mol. The van der Waals surface area contributed by atoms with Crippen LogP contribution in [-0.2, 0) is 30.5 Å². The molecule has 0 aliphatic heterocycles. The minimum Gasteiger partial charge on any atom is -0.489 e. The quantitative estimate of drug-likeness (QED) is 0.193. The second-order valence-electron chi connectivity index (χ2n) is 9.15. The first-order valence-electron chi connectivity index (χ1n) is 12.6. The Bertz CT molecular complexity index is 1350. The van der Waals surface area contributed by atoms with Crippen LogP contribution in [0.1, 0.15) is 42.0 Å². The SMILES string of the molecule is CCCN(Cc1ccc(COc2ccc(CCC(=O)O)cc2)cc1)c1nc(-c2ccc(C(F)(F)F)cc2)cs1. The maximum Gasteiger partial charge on any atom is 0.416 e. The third-order valence-electron chi connectivity index (χ3n) is 6.12. The summed E-state index contributed by atoms with van der Waals surface area (Å²) in [5, 5.41) is 11.5. The summed E-state index contributed by atoms with van der Waals surface area (Å²) in [7, 11) is 0. The van der Waals surface area contributed by atoms with Crippen molar-refractivity contribution in [2.45, 2.75) is 45.5 Å². The molecular formula is C30H29F3N2O3S. The minimum atomic E-state index is -4.36. The topological polar surface area (TPSA) is 62.7 Å². The van der Waals surface area contributed by atoms with Gasteiger partial charge in [-0.2, -0.15) is 13.2 Å². The van der Waals surface area contributed by atoms with Crippen LogP contribution in [0.15, 0.2) is 78.2 Å². The van der Waals surface area contributed by atoms with Crippen LogP contribution in [0.25, 0.3) is 11.3 Å². The van der Waals surface area contributed by atoms with E-state index >= 15 is 0 Å². The molecule has 3 aromatic carbocycles. The molecular weight excluding hydrogens is 525 g/mol. The molecule has 1 N–H and O–H groups in total. The van der Waals surface area contributed by atoms with Gasteiger partial charge in [0.2, 0.25) is 0 Å². The molecule has 0 amide bonds. The summed E-state index contributed by atoms with van der Waals surface area (Å²) >= 11 is 1.48. The number of aliphatic carboxylic acids is 1. The number of anilines is 1. The van der Waals surface area contributed by atoms with Crippen molar-refractivity contribution in [3.05, 3.63) is 100 Å². The van der Waals surface area contributed by atoms with Gasteiger partial charge >= 0.3 is 12.1 Å². The van der Waals surface area contributed by atoms with Gasteiger partial charge in [0.05, 0.1) is 11.3 Å². The number of ether oxygens (including phenoxy) is 1. The Hall–Kier alpha value is -3.85. The lowest BCUT2D eigenvalue weighted by molar-refractivity contribution is -0.138. The molecule has 0 saturated heterocycles. The summed E-state index contributed by atoms with van der Waals surface area (Å²) in [6, 6.07) is 20.7. The van der Waals surface area contributed by atoms with Crippen LogP contribution in [0.5, 0.6) is 5.75 Å². The lowest BCUT2D eigenvalue weighted by Crippen LogP contribution is -2.23. The first-order chi connectivity index (χ1) is 18.7. The van der Waals surface area contributed by atoms with Crippen LogP contribution in [0.2, 0.25) is 0 Å². The Labute approximate surface area is 229 Å². The number of carboxylic acids is 1. The van der Waals surface area contributed by atoms with Crippen molar-refractivity contribution < 1.29 is 27.8 Å². The Kier molecular flexibility index (Phi) is 9.24. The first-order valence-corrected chi connectivity index (χ1v) is 13.5. The van der Waals surface area contributed by atoms with Crippen molar-refractivity contribution in [3.8, 4) is 17.0 Å². The summed E-state index contributed by atoms with van der Waals surface area (Å²) in [6.45, 7) is 3.97. The van der Waals surface area contributed by atoms with Gasteiger partial charge in [-0.05, 0) is 53.8 Å². The van der Waals surface area contributed by atoms with Crippen LogP contribution in [0, 0.1) is 0 Å². The molecule has 4 aromatic rings. The minimum absolute atomic E-state index is 0.102. The Morgan fingerprint density at radius 2 is 1.59 bits per heavy atom. The molecule has 0 spiro atoms. The van der Waals surface area contributed by atoms with Crippen LogP contribution >= 0.6 is 11.3 Å². The van der Waals surface area contributed by atoms with Gasteiger partial charge in [-0.1, -0.05) is 55.5 Å². The number of halogens is 3. The largest absolute Gasteiger partial charge is 0.489 e. The fourth-order valence-electron chi connectivity index (χ4n) is 4.02. The number of nitrogens with zero attached hydrogens (tertiary/aromatic N) is 2. The number of alkyl halides is 3. The third kappa shape index (κ3) is 8.07. The zero-order chi connectivity index (χ0) is 27.8. The van der Waals surface area contributed by atoms with Crippen molar-refractivity contribution in [1.82, 2.24) is 4.98 Å². The Morgan fingerprint density at radius 1 is 0.949 bits per heavy atom. The molecule has 4 rings (SSSR count). The van der Waals surface area contributed by atoms with Gasteiger partial charge in [0.25, 0.3) is 0 Å². The highest BCUT2D eigenvalue weighted by atomic mass is 32.1. The highest BCUT2D eigenvalue weighted by Crippen LogP contribution is 2.33. The number of thiazole rings is 1. The van der Waals surface area contributed by atoms with E-state index in [0.29, 0.717) is 30.8 Å². The molecule has 1 aromatic heterocycles. The Balaban J connectivity index is 1.35. The van der Waals surface area contributed by atoms with Crippen molar-refractivity contribution >= 4 is 22.4 Å². The van der Waals surface area contributed by atoms with Crippen molar-refractivity contribution in [2.75, 3.05) is 11.4 Å². The number of rotatable bonds is 12. The number of hydrogen-bond donors (Lipinski definition) is 1. The summed E-state index contributed by atoms with van der Waals surface area (Å²) in [5.41, 5.74) is 3.73. The van der Waals surface area contributed by atoms with Crippen molar-refractivity contribution in [2.24, 2.45) is 0 Å². The molecule has 1 heterocycles. The fraction of sp³-hybridized carbons (Fsp3) is 0.267. The Morgan fingerprint density at radius 3 is 2.21 bits per heavy atom. The molecule has 0 aliphatic rings. The number of benzene rings is 3. The first kappa shape index (κ1) is 28.2. The third-order valence-corrected chi connectivity index (χ3v) is 7.02. The van der Waals surface area contributed by atoms with Gasteiger partial charge in [-0.25, -0.2) is 4.98 Å². The van der Waals surface area contributed by atoms with Crippen LogP contribution in [0.3, 0.4) is 0 Å². The van der Waals surface area contributed by atoms with E-state index in [1.807, 2.05) is 41.8 Å². The molecule has 5 nitrogen and oxygen atoms in total. The van der Waals surface area contributed by atoms with Gasteiger partial charge in [-0.3, -0.25) is 4.79 Å². The molecule has 0 saturated carbocycles. The standard InChI is InChI=1S/C30H29F3N2O3S/c1-2-17-35(29-34-27(20-39-29)24-10-12-25(13-11-24)30(31,32)33)18-22-3-5-23(6-4-22)19-38-26-14-7-21(8-15-26)9-16-28(36)37/h3-8,10-15,20H,2,9,16-19H2,1H3,(H,36,37). The molecule has 39 heavy (non-hydrogen) atoms. The number of hydrogen-bond acceptors (Lipinski definition) is 5. The summed E-state index contributed by atoms with van der Waals surface area (Å²) < 4.78 is 44.5. The molecule has 0 bridgehead atoms. The molecule has 0 unspecified atom stereocenters. The molecule has 0 atom stereocenters. The maximum absolute atomic E-state index is 12.9. The van der Waals surface area contributed by atoms with Crippen molar-refractivity contribution in [1.29, 1.82) is 0 Å².